The van der Waals surface area contributed by atoms with Crippen molar-refractivity contribution >= 4 is 12.0 Å². The van der Waals surface area contributed by atoms with Crippen molar-refractivity contribution in [3.05, 3.63) is 0 Å². The molecule has 0 aromatic heterocycles. The molecule has 1 aliphatic rings. The number of carbonyl (C=O) groups excluding carboxylic acids is 1. The van der Waals surface area contributed by atoms with Gasteiger partial charge in [0.15, 0.2) is 0 Å². The molecule has 6 nitrogen and oxygen atoms in total. The number of amides is 2. The second-order valence-corrected chi connectivity index (χ2v) is 3.75. The second-order valence-electron chi connectivity index (χ2n) is 3.75. The average Bonchev–Trinajstić information content (AvgIpc) is 2.26. The fourth-order valence-electron chi connectivity index (χ4n) is 1.63. The van der Waals surface area contributed by atoms with Crippen LogP contribution in [0.25, 0.3) is 0 Å². The number of nitrogens with one attached hydrogen (secondary N) is 1. The van der Waals surface area contributed by atoms with Crippen LogP contribution in [0.3, 0.4) is 0 Å². The molecule has 16 heavy (non-hydrogen) atoms. The first-order valence-corrected chi connectivity index (χ1v) is 5.49. The van der Waals surface area contributed by atoms with Gasteiger partial charge in [-0.3, -0.25) is 4.79 Å². The summed E-state index contributed by atoms with van der Waals surface area (Å²) in [6, 6.07) is -0.556. The molecule has 6 heteroatoms. The highest BCUT2D eigenvalue weighted by molar-refractivity contribution is 5.76. The van der Waals surface area contributed by atoms with Gasteiger partial charge in [-0.05, 0) is 6.42 Å². The highest BCUT2D eigenvalue weighted by atomic mass is 16.5. The smallest absolute Gasteiger partial charge is 0.317 e. The van der Waals surface area contributed by atoms with Crippen LogP contribution in [0.15, 0.2) is 0 Å². The highest BCUT2D eigenvalue weighted by Gasteiger charge is 2.28. The van der Waals surface area contributed by atoms with Crippen molar-refractivity contribution in [3.8, 4) is 0 Å². The maximum absolute atomic E-state index is 11.7. The average molecular weight is 230 g/mol. The zero-order chi connectivity index (χ0) is 12.0. The Morgan fingerprint density at radius 2 is 2.31 bits per heavy atom. The Kier molecular flexibility index (Phi) is 5.04. The van der Waals surface area contributed by atoms with E-state index >= 15 is 0 Å². The fraction of sp³-hybridized carbons (Fsp3) is 0.800. The van der Waals surface area contributed by atoms with Gasteiger partial charge in [-0.2, -0.15) is 0 Å². The summed E-state index contributed by atoms with van der Waals surface area (Å²) in [6.45, 7) is 3.79. The minimum absolute atomic E-state index is 0.0699. The summed E-state index contributed by atoms with van der Waals surface area (Å²) in [4.78, 5) is 23.9. The van der Waals surface area contributed by atoms with Gasteiger partial charge < -0.3 is 20.1 Å². The van der Waals surface area contributed by atoms with Crippen LogP contribution in [0.5, 0.6) is 0 Å². The lowest BCUT2D eigenvalue weighted by molar-refractivity contribution is -0.139. The number of morpholine rings is 1. The van der Waals surface area contributed by atoms with Crippen molar-refractivity contribution < 1.29 is 19.4 Å². The van der Waals surface area contributed by atoms with Gasteiger partial charge in [-0.15, -0.1) is 0 Å². The number of hydrogen-bond acceptors (Lipinski definition) is 3. The molecule has 0 radical (unpaired) electrons. The number of hydrogen-bond donors (Lipinski definition) is 2. The Bertz CT molecular complexity index is 257. The molecule has 2 N–H and O–H groups in total. The van der Waals surface area contributed by atoms with Gasteiger partial charge >= 0.3 is 12.0 Å². The quantitative estimate of drug-likeness (QED) is 0.727. The van der Waals surface area contributed by atoms with E-state index < -0.39 is 5.97 Å². The summed E-state index contributed by atoms with van der Waals surface area (Å²) in [7, 11) is 0. The third-order valence-electron chi connectivity index (χ3n) is 2.42. The number of nitrogens with zero attached hydrogens (tertiary/aromatic N) is 1. The van der Waals surface area contributed by atoms with E-state index in [1.54, 1.807) is 4.90 Å². The van der Waals surface area contributed by atoms with Gasteiger partial charge in [-0.1, -0.05) is 6.92 Å². The first-order chi connectivity index (χ1) is 7.65. The van der Waals surface area contributed by atoms with Crippen molar-refractivity contribution in [2.75, 3.05) is 26.3 Å². The third-order valence-corrected chi connectivity index (χ3v) is 2.42. The highest BCUT2D eigenvalue weighted by Crippen LogP contribution is 2.10. The maximum atomic E-state index is 11.7. The Hall–Kier alpha value is -1.30. The summed E-state index contributed by atoms with van der Waals surface area (Å²) in [5.74, 6) is -0.913. The van der Waals surface area contributed by atoms with Crippen molar-refractivity contribution in [1.29, 1.82) is 0 Å². The molecule has 1 atom stereocenters. The number of ether oxygens (including phenoxy) is 1. The zero-order valence-electron chi connectivity index (χ0n) is 9.44. The van der Waals surface area contributed by atoms with Gasteiger partial charge in [0, 0.05) is 13.1 Å². The predicted octanol–water partition coefficient (Wildman–Crippen LogP) is 0.281. The fourth-order valence-corrected chi connectivity index (χ4v) is 1.63. The van der Waals surface area contributed by atoms with Crippen molar-refractivity contribution in [2.24, 2.45) is 0 Å². The van der Waals surface area contributed by atoms with E-state index in [1.165, 1.54) is 0 Å². The van der Waals surface area contributed by atoms with E-state index in [4.69, 9.17) is 9.84 Å². The van der Waals surface area contributed by atoms with E-state index in [0.717, 1.165) is 6.42 Å². The van der Waals surface area contributed by atoms with Gasteiger partial charge in [0.25, 0.3) is 0 Å². The third kappa shape index (κ3) is 3.69. The Balaban J connectivity index is 2.51. The van der Waals surface area contributed by atoms with Gasteiger partial charge in [0.1, 0.15) is 0 Å². The van der Waals surface area contributed by atoms with Crippen LogP contribution in [0.1, 0.15) is 19.8 Å². The minimum atomic E-state index is -0.913. The number of urea groups is 1. The van der Waals surface area contributed by atoms with E-state index in [1.807, 2.05) is 6.92 Å². The first kappa shape index (κ1) is 12.8. The van der Waals surface area contributed by atoms with Crippen molar-refractivity contribution in [2.45, 2.75) is 25.8 Å². The number of aliphatic carboxylic acids is 1. The molecule has 0 aromatic rings. The van der Waals surface area contributed by atoms with Gasteiger partial charge in [-0.25, -0.2) is 4.79 Å². The molecule has 0 bridgehead atoms. The molecular weight excluding hydrogens is 212 g/mol. The molecule has 1 saturated heterocycles. The minimum Gasteiger partial charge on any atom is -0.481 e. The SMILES string of the molecule is CCCNC(=O)N1CCOCC1CC(=O)O. The summed E-state index contributed by atoms with van der Waals surface area (Å²) >= 11 is 0. The molecule has 1 heterocycles. The second kappa shape index (κ2) is 6.32. The molecule has 0 spiro atoms. The van der Waals surface area contributed by atoms with Crippen molar-refractivity contribution in [3.63, 3.8) is 0 Å². The Morgan fingerprint density at radius 1 is 1.56 bits per heavy atom. The molecule has 0 aromatic carbocycles. The predicted molar refractivity (Wildman–Crippen MR) is 57.3 cm³/mol. The topological polar surface area (TPSA) is 78.9 Å². The van der Waals surface area contributed by atoms with Crippen molar-refractivity contribution in [1.82, 2.24) is 10.2 Å². The monoisotopic (exact) mass is 230 g/mol. The molecule has 0 saturated carbocycles. The van der Waals surface area contributed by atoms with Gasteiger partial charge in [0.05, 0.1) is 25.7 Å². The molecule has 1 fully saturated rings. The lowest BCUT2D eigenvalue weighted by atomic mass is 10.1. The number of carbonyl (C=O) groups is 2. The normalized spacial score (nSPS) is 20.6. The molecule has 2 amide bonds. The standard InChI is InChI=1S/C10H18N2O4/c1-2-3-11-10(15)12-4-5-16-7-8(12)6-9(13)14/h8H,2-7H2,1H3,(H,11,15)(H,13,14). The lowest BCUT2D eigenvalue weighted by Gasteiger charge is -2.34. The largest absolute Gasteiger partial charge is 0.481 e. The number of carboxylic acid groups (broad SMARTS) is 1. The molecular formula is C10H18N2O4. The van der Waals surface area contributed by atoms with E-state index in [2.05, 4.69) is 5.32 Å². The number of rotatable bonds is 4. The number of carboxylic acids is 1. The summed E-state index contributed by atoms with van der Waals surface area (Å²) in [6.07, 6.45) is 0.791. The molecule has 1 unspecified atom stereocenters. The van der Waals surface area contributed by atoms with Crippen LogP contribution in [0, 0.1) is 0 Å². The molecule has 1 aliphatic heterocycles. The van der Waals surface area contributed by atoms with Crippen LogP contribution >= 0.6 is 0 Å². The van der Waals surface area contributed by atoms with Crippen LogP contribution < -0.4 is 5.32 Å². The first-order valence-electron chi connectivity index (χ1n) is 5.49. The molecule has 92 valence electrons. The van der Waals surface area contributed by atoms with Gasteiger partial charge in [0.2, 0.25) is 0 Å². The van der Waals surface area contributed by atoms with E-state index in [9.17, 15) is 9.59 Å². The van der Waals surface area contributed by atoms with Crippen LogP contribution in [0.2, 0.25) is 0 Å². The zero-order valence-corrected chi connectivity index (χ0v) is 9.44. The Labute approximate surface area is 94.6 Å². The van der Waals surface area contributed by atoms with E-state index in [0.29, 0.717) is 26.3 Å². The maximum Gasteiger partial charge on any atom is 0.317 e. The summed E-state index contributed by atoms with van der Waals surface area (Å²) in [5.41, 5.74) is 0. The van der Waals surface area contributed by atoms with Crippen LogP contribution in [-0.4, -0.2) is 54.4 Å². The van der Waals surface area contributed by atoms with E-state index in [-0.39, 0.29) is 18.5 Å². The summed E-state index contributed by atoms with van der Waals surface area (Å²) in [5, 5.41) is 11.5. The molecule has 0 aliphatic carbocycles. The molecule has 1 rings (SSSR count). The summed E-state index contributed by atoms with van der Waals surface area (Å²) < 4.78 is 5.18. The van der Waals surface area contributed by atoms with Crippen LogP contribution in [0.4, 0.5) is 4.79 Å². The Morgan fingerprint density at radius 3 is 2.94 bits per heavy atom. The lowest BCUT2D eigenvalue weighted by Crippen LogP contribution is -2.53. The van der Waals surface area contributed by atoms with Crippen LogP contribution in [-0.2, 0) is 9.53 Å².